The SMILES string of the molecule is C#CN(C(=O)C(CC(C)C)NC(=O)OC(C)(C)C)C(C(=O)NCCC(=O)OCC)c1ccccc1. The van der Waals surface area contributed by atoms with Crippen LogP contribution in [0.3, 0.4) is 0 Å². The molecule has 0 fully saturated rings. The first-order valence-electron chi connectivity index (χ1n) is 11.7. The molecule has 0 aliphatic heterocycles. The fourth-order valence-corrected chi connectivity index (χ4v) is 3.25. The summed E-state index contributed by atoms with van der Waals surface area (Å²) in [5, 5.41) is 5.25. The molecular weight excluding hydrogens is 450 g/mol. The normalized spacial score (nSPS) is 12.6. The zero-order chi connectivity index (χ0) is 26.6. The minimum absolute atomic E-state index is 0.0131. The summed E-state index contributed by atoms with van der Waals surface area (Å²) < 4.78 is 10.2. The van der Waals surface area contributed by atoms with Gasteiger partial charge < -0.3 is 20.1 Å². The maximum absolute atomic E-state index is 13.6. The Morgan fingerprint density at radius 3 is 2.26 bits per heavy atom. The van der Waals surface area contributed by atoms with Crippen LogP contribution in [0.15, 0.2) is 30.3 Å². The van der Waals surface area contributed by atoms with E-state index in [4.69, 9.17) is 15.9 Å². The predicted octanol–water partition coefficient (Wildman–Crippen LogP) is 3.16. The Labute approximate surface area is 207 Å². The lowest BCUT2D eigenvalue weighted by Gasteiger charge is -2.31. The number of hydrogen-bond acceptors (Lipinski definition) is 6. The highest BCUT2D eigenvalue weighted by molar-refractivity contribution is 5.93. The number of nitrogens with one attached hydrogen (secondary N) is 2. The molecule has 2 atom stereocenters. The molecule has 9 nitrogen and oxygen atoms in total. The van der Waals surface area contributed by atoms with Crippen molar-refractivity contribution >= 4 is 23.9 Å². The van der Waals surface area contributed by atoms with Crippen LogP contribution in [-0.2, 0) is 23.9 Å². The molecule has 0 spiro atoms. The molecule has 2 unspecified atom stereocenters. The van der Waals surface area contributed by atoms with Gasteiger partial charge in [0.25, 0.3) is 5.91 Å². The Hall–Kier alpha value is -3.54. The van der Waals surface area contributed by atoms with Crippen molar-refractivity contribution < 1.29 is 28.7 Å². The van der Waals surface area contributed by atoms with Gasteiger partial charge in [0.1, 0.15) is 17.7 Å². The van der Waals surface area contributed by atoms with E-state index in [1.807, 2.05) is 13.8 Å². The van der Waals surface area contributed by atoms with Gasteiger partial charge in [-0.2, -0.15) is 0 Å². The lowest BCUT2D eigenvalue weighted by atomic mass is 9.99. The molecule has 3 amide bonds. The van der Waals surface area contributed by atoms with Crippen LogP contribution >= 0.6 is 0 Å². The van der Waals surface area contributed by atoms with Crippen LogP contribution in [0.1, 0.15) is 66.0 Å². The number of benzene rings is 1. The molecule has 0 aliphatic rings. The van der Waals surface area contributed by atoms with Crippen molar-refractivity contribution in [1.82, 2.24) is 15.5 Å². The molecule has 2 N–H and O–H groups in total. The standard InChI is InChI=1S/C26H37N3O6/c1-8-29(24(32)20(17-18(3)4)28-25(33)35-26(5,6)7)22(19-13-11-10-12-14-19)23(31)27-16-15-21(30)34-9-2/h1,10-14,18,20,22H,9,15-17H2,2-7H3,(H,27,31)(H,28,33). The first-order chi connectivity index (χ1) is 16.4. The van der Waals surface area contributed by atoms with Gasteiger partial charge >= 0.3 is 12.1 Å². The smallest absolute Gasteiger partial charge is 0.408 e. The Bertz CT molecular complexity index is 902. The van der Waals surface area contributed by atoms with Crippen molar-refractivity contribution in [3.8, 4) is 12.5 Å². The van der Waals surface area contributed by atoms with Crippen molar-refractivity contribution in [2.75, 3.05) is 13.2 Å². The van der Waals surface area contributed by atoms with Crippen LogP contribution in [0, 0.1) is 18.4 Å². The summed E-state index contributed by atoms with van der Waals surface area (Å²) in [5.41, 5.74) is -0.278. The Morgan fingerprint density at radius 1 is 1.11 bits per heavy atom. The van der Waals surface area contributed by atoms with Crippen LogP contribution in [0.25, 0.3) is 0 Å². The van der Waals surface area contributed by atoms with E-state index in [0.29, 0.717) is 5.56 Å². The zero-order valence-corrected chi connectivity index (χ0v) is 21.4. The number of alkyl carbamates (subject to hydrolysis) is 1. The van der Waals surface area contributed by atoms with E-state index in [0.717, 1.165) is 4.90 Å². The van der Waals surface area contributed by atoms with Gasteiger partial charge in [-0.05, 0) is 45.6 Å². The van der Waals surface area contributed by atoms with Crippen LogP contribution in [-0.4, -0.2) is 53.6 Å². The molecule has 0 bridgehead atoms. The molecule has 0 saturated heterocycles. The maximum atomic E-state index is 13.6. The van der Waals surface area contributed by atoms with Crippen molar-refractivity contribution in [3.05, 3.63) is 35.9 Å². The second-order valence-electron chi connectivity index (χ2n) is 9.32. The largest absolute Gasteiger partial charge is 0.466 e. The number of rotatable bonds is 11. The van der Waals surface area contributed by atoms with E-state index >= 15 is 0 Å². The van der Waals surface area contributed by atoms with E-state index in [1.54, 1.807) is 58.0 Å². The summed E-state index contributed by atoms with van der Waals surface area (Å²) >= 11 is 0. The van der Waals surface area contributed by atoms with Crippen LogP contribution in [0.5, 0.6) is 0 Å². The lowest BCUT2D eigenvalue weighted by molar-refractivity contribution is -0.143. The second kappa shape index (κ2) is 14.0. The molecule has 0 heterocycles. The molecule has 192 valence electrons. The van der Waals surface area contributed by atoms with Gasteiger partial charge in [0, 0.05) is 12.6 Å². The zero-order valence-electron chi connectivity index (χ0n) is 21.4. The average molecular weight is 488 g/mol. The van der Waals surface area contributed by atoms with E-state index in [1.165, 1.54) is 0 Å². The fraction of sp³-hybridized carbons (Fsp3) is 0.538. The van der Waals surface area contributed by atoms with Gasteiger partial charge in [-0.3, -0.25) is 19.3 Å². The van der Waals surface area contributed by atoms with Crippen molar-refractivity contribution in [2.45, 2.75) is 72.1 Å². The van der Waals surface area contributed by atoms with Gasteiger partial charge in [0.15, 0.2) is 0 Å². The minimum atomic E-state index is -1.18. The maximum Gasteiger partial charge on any atom is 0.408 e. The Morgan fingerprint density at radius 2 is 1.74 bits per heavy atom. The third-order valence-corrected chi connectivity index (χ3v) is 4.63. The monoisotopic (exact) mass is 487 g/mol. The number of carbonyl (C=O) groups excluding carboxylic acids is 4. The molecule has 0 aliphatic carbocycles. The Balaban J connectivity index is 3.20. The molecule has 1 rings (SSSR count). The summed E-state index contributed by atoms with van der Waals surface area (Å²) in [6.07, 6.45) is 5.22. The third kappa shape index (κ3) is 10.5. The van der Waals surface area contributed by atoms with Gasteiger partial charge in [-0.15, -0.1) is 0 Å². The summed E-state index contributed by atoms with van der Waals surface area (Å²) in [7, 11) is 0. The molecule has 9 heteroatoms. The summed E-state index contributed by atoms with van der Waals surface area (Å²) in [6, 6.07) is 8.68. The molecular formula is C26H37N3O6. The molecule has 35 heavy (non-hydrogen) atoms. The summed E-state index contributed by atoms with van der Waals surface area (Å²) in [5.74, 6) is -1.60. The first kappa shape index (κ1) is 29.5. The molecule has 0 aromatic heterocycles. The van der Waals surface area contributed by atoms with Gasteiger partial charge in [-0.1, -0.05) is 50.6 Å². The van der Waals surface area contributed by atoms with Gasteiger partial charge in [0.05, 0.1) is 13.0 Å². The van der Waals surface area contributed by atoms with Gasteiger partial charge in [-0.25, -0.2) is 4.79 Å². The number of hydrogen-bond donors (Lipinski definition) is 2. The highest BCUT2D eigenvalue weighted by Gasteiger charge is 2.36. The molecule has 0 saturated carbocycles. The third-order valence-electron chi connectivity index (χ3n) is 4.63. The van der Waals surface area contributed by atoms with Gasteiger partial charge in [0.2, 0.25) is 5.91 Å². The minimum Gasteiger partial charge on any atom is -0.466 e. The fourth-order valence-electron chi connectivity index (χ4n) is 3.25. The number of amides is 3. The molecule has 0 radical (unpaired) electrons. The van der Waals surface area contributed by atoms with Crippen LogP contribution < -0.4 is 10.6 Å². The van der Waals surface area contributed by atoms with Crippen molar-refractivity contribution in [2.24, 2.45) is 5.92 Å². The number of ether oxygens (including phenoxy) is 2. The molecule has 1 aromatic carbocycles. The highest BCUT2D eigenvalue weighted by Crippen LogP contribution is 2.23. The van der Waals surface area contributed by atoms with E-state index in [2.05, 4.69) is 16.7 Å². The number of nitrogens with zero attached hydrogens (tertiary/aromatic N) is 1. The van der Waals surface area contributed by atoms with E-state index in [-0.39, 0.29) is 31.9 Å². The van der Waals surface area contributed by atoms with Crippen LogP contribution in [0.2, 0.25) is 0 Å². The number of terminal acetylenes is 1. The van der Waals surface area contributed by atoms with E-state index < -0.39 is 41.6 Å². The topological polar surface area (TPSA) is 114 Å². The Kier molecular flexibility index (Phi) is 11.8. The average Bonchev–Trinajstić information content (AvgIpc) is 2.75. The van der Waals surface area contributed by atoms with Crippen molar-refractivity contribution in [1.29, 1.82) is 0 Å². The van der Waals surface area contributed by atoms with E-state index in [9.17, 15) is 19.2 Å². The first-order valence-corrected chi connectivity index (χ1v) is 11.7. The summed E-state index contributed by atoms with van der Waals surface area (Å²) in [4.78, 5) is 51.8. The number of carbonyl (C=O) groups is 4. The summed E-state index contributed by atoms with van der Waals surface area (Å²) in [6.45, 7) is 10.9. The predicted molar refractivity (Wildman–Crippen MR) is 132 cm³/mol. The molecule has 1 aromatic rings. The second-order valence-corrected chi connectivity index (χ2v) is 9.32. The quantitative estimate of drug-likeness (QED) is 0.282. The number of esters is 1. The van der Waals surface area contributed by atoms with Crippen molar-refractivity contribution in [3.63, 3.8) is 0 Å². The van der Waals surface area contributed by atoms with Crippen LogP contribution in [0.4, 0.5) is 4.79 Å². The highest BCUT2D eigenvalue weighted by atomic mass is 16.6. The lowest BCUT2D eigenvalue weighted by Crippen LogP contribution is -2.52.